The Morgan fingerprint density at radius 3 is 2.43 bits per heavy atom. The standard InChI is InChI=1S/C11H20O3/c1-5-9-7-10(6-8(2)12)14-11(3,4)13-9/h9-10H,5-7H2,1-4H3. The normalized spacial score (nSPS) is 31.4. The predicted molar refractivity (Wildman–Crippen MR) is 54.0 cm³/mol. The largest absolute Gasteiger partial charge is 0.347 e. The van der Waals surface area contributed by atoms with Gasteiger partial charge in [0.05, 0.1) is 12.2 Å². The van der Waals surface area contributed by atoms with Gasteiger partial charge in [0.25, 0.3) is 0 Å². The molecule has 1 aliphatic rings. The summed E-state index contributed by atoms with van der Waals surface area (Å²) < 4.78 is 11.4. The molecule has 0 bridgehead atoms. The van der Waals surface area contributed by atoms with Gasteiger partial charge in [-0.1, -0.05) is 6.92 Å². The van der Waals surface area contributed by atoms with Crippen molar-refractivity contribution < 1.29 is 14.3 Å². The second-order valence-corrected chi connectivity index (χ2v) is 4.43. The first-order valence-corrected chi connectivity index (χ1v) is 5.28. The minimum atomic E-state index is -0.543. The van der Waals surface area contributed by atoms with Crippen LogP contribution < -0.4 is 0 Å². The van der Waals surface area contributed by atoms with Crippen LogP contribution in [0, 0.1) is 0 Å². The average molecular weight is 200 g/mol. The molecule has 2 unspecified atom stereocenters. The van der Waals surface area contributed by atoms with Gasteiger partial charge in [-0.05, 0) is 27.2 Å². The van der Waals surface area contributed by atoms with E-state index in [0.717, 1.165) is 12.8 Å². The molecule has 2 atom stereocenters. The van der Waals surface area contributed by atoms with Crippen LogP contribution in [0.2, 0.25) is 0 Å². The van der Waals surface area contributed by atoms with Crippen molar-refractivity contribution in [1.29, 1.82) is 0 Å². The average Bonchev–Trinajstić information content (AvgIpc) is 1.99. The maximum atomic E-state index is 11.0. The summed E-state index contributed by atoms with van der Waals surface area (Å²) in [6.07, 6.45) is 2.56. The molecule has 1 rings (SSSR count). The Hall–Kier alpha value is -0.410. The van der Waals surface area contributed by atoms with Crippen molar-refractivity contribution in [3.8, 4) is 0 Å². The summed E-state index contributed by atoms with van der Waals surface area (Å²) in [6, 6.07) is 0. The first-order chi connectivity index (χ1) is 6.43. The first kappa shape index (κ1) is 11.7. The Morgan fingerprint density at radius 2 is 1.93 bits per heavy atom. The molecule has 0 saturated carbocycles. The molecule has 0 amide bonds. The Kier molecular flexibility index (Phi) is 3.67. The maximum Gasteiger partial charge on any atom is 0.163 e. The fraction of sp³-hybridized carbons (Fsp3) is 0.909. The number of hydrogen-bond acceptors (Lipinski definition) is 3. The highest BCUT2D eigenvalue weighted by molar-refractivity contribution is 5.75. The molecule has 14 heavy (non-hydrogen) atoms. The number of carbonyl (C=O) groups excluding carboxylic acids is 1. The van der Waals surface area contributed by atoms with E-state index in [4.69, 9.17) is 9.47 Å². The monoisotopic (exact) mass is 200 g/mol. The minimum absolute atomic E-state index is 0.0289. The Morgan fingerprint density at radius 1 is 1.36 bits per heavy atom. The van der Waals surface area contributed by atoms with Crippen LogP contribution in [0.25, 0.3) is 0 Å². The summed E-state index contributed by atoms with van der Waals surface area (Å²) in [6.45, 7) is 7.51. The lowest BCUT2D eigenvalue weighted by Crippen LogP contribution is -2.44. The molecule has 3 heteroatoms. The van der Waals surface area contributed by atoms with E-state index in [0.29, 0.717) is 6.42 Å². The van der Waals surface area contributed by atoms with Gasteiger partial charge in [0.2, 0.25) is 0 Å². The van der Waals surface area contributed by atoms with Gasteiger partial charge in [-0.15, -0.1) is 0 Å². The van der Waals surface area contributed by atoms with E-state index in [1.807, 2.05) is 13.8 Å². The number of carbonyl (C=O) groups is 1. The van der Waals surface area contributed by atoms with Crippen molar-refractivity contribution in [2.24, 2.45) is 0 Å². The lowest BCUT2D eigenvalue weighted by Gasteiger charge is -2.40. The lowest BCUT2D eigenvalue weighted by molar-refractivity contribution is -0.299. The topological polar surface area (TPSA) is 35.5 Å². The molecule has 0 radical (unpaired) electrons. The molecule has 0 aromatic heterocycles. The number of ether oxygens (including phenoxy) is 2. The third-order valence-electron chi connectivity index (χ3n) is 2.40. The fourth-order valence-electron chi connectivity index (χ4n) is 1.92. The Labute approximate surface area is 85.8 Å². The van der Waals surface area contributed by atoms with Crippen LogP contribution >= 0.6 is 0 Å². The van der Waals surface area contributed by atoms with Gasteiger partial charge >= 0.3 is 0 Å². The molecule has 1 heterocycles. The molecule has 0 aliphatic carbocycles. The van der Waals surface area contributed by atoms with E-state index in [-0.39, 0.29) is 18.0 Å². The van der Waals surface area contributed by atoms with Gasteiger partial charge in [-0.2, -0.15) is 0 Å². The molecular weight excluding hydrogens is 180 g/mol. The molecule has 3 nitrogen and oxygen atoms in total. The van der Waals surface area contributed by atoms with Gasteiger partial charge in [0, 0.05) is 12.8 Å². The van der Waals surface area contributed by atoms with Gasteiger partial charge in [0.15, 0.2) is 5.79 Å². The third kappa shape index (κ3) is 3.39. The van der Waals surface area contributed by atoms with Crippen molar-refractivity contribution in [3.63, 3.8) is 0 Å². The highest BCUT2D eigenvalue weighted by atomic mass is 16.7. The van der Waals surface area contributed by atoms with Gasteiger partial charge < -0.3 is 9.47 Å². The lowest BCUT2D eigenvalue weighted by atomic mass is 10.0. The second kappa shape index (κ2) is 4.41. The molecule has 0 spiro atoms. The fourth-order valence-corrected chi connectivity index (χ4v) is 1.92. The first-order valence-electron chi connectivity index (χ1n) is 5.28. The predicted octanol–water partition coefficient (Wildman–Crippen LogP) is 2.29. The number of Topliss-reactive ketones (excluding diaryl/α,β-unsaturated/α-hetero) is 1. The summed E-state index contributed by atoms with van der Waals surface area (Å²) in [5.74, 6) is -0.360. The van der Waals surface area contributed by atoms with Crippen LogP contribution in [0.15, 0.2) is 0 Å². The van der Waals surface area contributed by atoms with Crippen LogP contribution in [-0.2, 0) is 14.3 Å². The summed E-state index contributed by atoms with van der Waals surface area (Å²) in [4.78, 5) is 11.0. The van der Waals surface area contributed by atoms with E-state index in [2.05, 4.69) is 6.92 Å². The summed E-state index contributed by atoms with van der Waals surface area (Å²) in [7, 11) is 0. The van der Waals surface area contributed by atoms with E-state index in [1.165, 1.54) is 0 Å². The Balaban J connectivity index is 2.56. The summed E-state index contributed by atoms with van der Waals surface area (Å²) in [5, 5.41) is 0. The quantitative estimate of drug-likeness (QED) is 0.701. The van der Waals surface area contributed by atoms with Crippen LogP contribution in [0.1, 0.15) is 47.0 Å². The van der Waals surface area contributed by atoms with E-state index in [9.17, 15) is 4.79 Å². The highest BCUT2D eigenvalue weighted by Gasteiger charge is 2.34. The Bertz CT molecular complexity index is 211. The summed E-state index contributed by atoms with van der Waals surface area (Å²) >= 11 is 0. The van der Waals surface area contributed by atoms with Gasteiger partial charge in [0.1, 0.15) is 5.78 Å². The van der Waals surface area contributed by atoms with Crippen molar-refractivity contribution in [1.82, 2.24) is 0 Å². The van der Waals surface area contributed by atoms with Gasteiger partial charge in [-0.3, -0.25) is 4.79 Å². The molecule has 0 aromatic rings. The molecule has 0 aromatic carbocycles. The smallest absolute Gasteiger partial charge is 0.163 e. The van der Waals surface area contributed by atoms with Crippen molar-refractivity contribution in [3.05, 3.63) is 0 Å². The van der Waals surface area contributed by atoms with Gasteiger partial charge in [-0.25, -0.2) is 0 Å². The number of hydrogen-bond donors (Lipinski definition) is 0. The van der Waals surface area contributed by atoms with Crippen molar-refractivity contribution in [2.45, 2.75) is 65.0 Å². The molecule has 1 aliphatic heterocycles. The van der Waals surface area contributed by atoms with Crippen LogP contribution in [0.5, 0.6) is 0 Å². The van der Waals surface area contributed by atoms with Crippen LogP contribution in [0.4, 0.5) is 0 Å². The molecule has 1 fully saturated rings. The maximum absolute atomic E-state index is 11.0. The van der Waals surface area contributed by atoms with Crippen LogP contribution in [0.3, 0.4) is 0 Å². The minimum Gasteiger partial charge on any atom is -0.347 e. The molecule has 82 valence electrons. The zero-order chi connectivity index (χ0) is 10.8. The van der Waals surface area contributed by atoms with Crippen LogP contribution in [-0.4, -0.2) is 23.8 Å². The second-order valence-electron chi connectivity index (χ2n) is 4.43. The van der Waals surface area contributed by atoms with Crippen molar-refractivity contribution in [2.75, 3.05) is 0 Å². The zero-order valence-electron chi connectivity index (χ0n) is 9.50. The SMILES string of the molecule is CCC1CC(CC(C)=O)OC(C)(C)O1. The zero-order valence-corrected chi connectivity index (χ0v) is 9.50. The molecular formula is C11H20O3. The third-order valence-corrected chi connectivity index (χ3v) is 2.40. The molecule has 0 N–H and O–H groups in total. The molecule has 1 saturated heterocycles. The number of rotatable bonds is 3. The van der Waals surface area contributed by atoms with E-state index in [1.54, 1.807) is 6.92 Å². The van der Waals surface area contributed by atoms with E-state index >= 15 is 0 Å². The number of ketones is 1. The van der Waals surface area contributed by atoms with Crippen molar-refractivity contribution >= 4 is 5.78 Å². The summed E-state index contributed by atoms with van der Waals surface area (Å²) in [5.41, 5.74) is 0. The highest BCUT2D eigenvalue weighted by Crippen LogP contribution is 2.29. The van der Waals surface area contributed by atoms with E-state index < -0.39 is 5.79 Å².